The van der Waals surface area contributed by atoms with E-state index in [1.807, 2.05) is 0 Å². The van der Waals surface area contributed by atoms with E-state index >= 15 is 0 Å². The Balaban J connectivity index is 2.78. The lowest BCUT2D eigenvalue weighted by atomic mass is 10.2. The normalized spacial score (nSPS) is 9.92. The largest absolute Gasteiger partial charge is 0.489 e. The van der Waals surface area contributed by atoms with Crippen LogP contribution in [0.25, 0.3) is 0 Å². The predicted octanol–water partition coefficient (Wildman–Crippen LogP) is 2.75. The van der Waals surface area contributed by atoms with Crippen molar-refractivity contribution in [1.29, 1.82) is 0 Å². The Bertz CT molecular complexity index is 263. The van der Waals surface area contributed by atoms with E-state index in [0.717, 1.165) is 0 Å². The summed E-state index contributed by atoms with van der Waals surface area (Å²) in [5, 5.41) is 0. The Labute approximate surface area is 76.1 Å². The Morgan fingerprint density at radius 1 is 1.50 bits per heavy atom. The lowest BCUT2D eigenvalue weighted by Crippen LogP contribution is -2.00. The summed E-state index contributed by atoms with van der Waals surface area (Å²) in [7, 11) is 0. The molecule has 1 nitrogen and oxygen atoms in total. The molecule has 1 rings (SSSR count). The van der Waals surface area contributed by atoms with Gasteiger partial charge in [0, 0.05) is 0 Å². The summed E-state index contributed by atoms with van der Waals surface area (Å²) in [6.45, 7) is 2.03. The highest BCUT2D eigenvalue weighted by Gasteiger charge is 2.04. The first-order chi connectivity index (χ1) is 5.75. The molecule has 0 N–H and O–H groups in total. The Morgan fingerprint density at radius 3 is 2.92 bits per heavy atom. The van der Waals surface area contributed by atoms with Gasteiger partial charge in [-0.1, -0.05) is 12.1 Å². The zero-order valence-corrected chi connectivity index (χ0v) is 7.57. The Morgan fingerprint density at radius 2 is 2.25 bits per heavy atom. The van der Waals surface area contributed by atoms with E-state index in [2.05, 4.69) is 0 Å². The third-order valence-corrected chi connectivity index (χ3v) is 1.65. The van der Waals surface area contributed by atoms with Crippen LogP contribution in [0.2, 0.25) is 0 Å². The molecular weight excluding hydrogens is 179 g/mol. The summed E-state index contributed by atoms with van der Waals surface area (Å²) < 4.78 is 18.2. The van der Waals surface area contributed by atoms with Crippen molar-refractivity contribution in [3.8, 4) is 5.75 Å². The Hall–Kier alpha value is -0.760. The molecule has 0 aromatic heterocycles. The molecule has 66 valence electrons. The summed E-state index contributed by atoms with van der Waals surface area (Å²) in [4.78, 5) is 0. The van der Waals surface area contributed by atoms with Gasteiger partial charge in [0.2, 0.25) is 0 Å². The molecule has 12 heavy (non-hydrogen) atoms. The minimum Gasteiger partial charge on any atom is -0.489 e. The molecule has 3 heteroatoms. The van der Waals surface area contributed by atoms with Crippen LogP contribution in [0.1, 0.15) is 5.56 Å². The van der Waals surface area contributed by atoms with Crippen molar-refractivity contribution in [2.75, 3.05) is 12.5 Å². The molecule has 0 fully saturated rings. The fourth-order valence-electron chi connectivity index (χ4n) is 0.881. The fourth-order valence-corrected chi connectivity index (χ4v) is 0.958. The SMILES string of the molecule is Cc1cccc(OCCCl)c1F. The van der Waals surface area contributed by atoms with Gasteiger partial charge in [-0.2, -0.15) is 0 Å². The van der Waals surface area contributed by atoms with E-state index in [0.29, 0.717) is 18.1 Å². The molecule has 0 radical (unpaired) electrons. The van der Waals surface area contributed by atoms with Crippen LogP contribution in [0.3, 0.4) is 0 Å². The van der Waals surface area contributed by atoms with Gasteiger partial charge in [0.25, 0.3) is 0 Å². The maximum Gasteiger partial charge on any atom is 0.167 e. The summed E-state index contributed by atoms with van der Waals surface area (Å²) in [5.74, 6) is 0.339. The summed E-state index contributed by atoms with van der Waals surface area (Å²) in [6.07, 6.45) is 0. The number of hydrogen-bond acceptors (Lipinski definition) is 1. The van der Waals surface area contributed by atoms with Gasteiger partial charge in [-0.15, -0.1) is 11.6 Å². The van der Waals surface area contributed by atoms with Crippen LogP contribution in [-0.4, -0.2) is 12.5 Å². The number of halogens is 2. The zero-order valence-electron chi connectivity index (χ0n) is 6.81. The molecule has 0 saturated heterocycles. The molecular formula is C9H10ClFO. The maximum atomic E-state index is 13.2. The molecule has 0 amide bonds. The second-order valence-electron chi connectivity index (χ2n) is 2.42. The van der Waals surface area contributed by atoms with Crippen molar-refractivity contribution in [2.45, 2.75) is 6.92 Å². The van der Waals surface area contributed by atoms with Gasteiger partial charge in [-0.05, 0) is 18.6 Å². The average molecular weight is 189 g/mol. The van der Waals surface area contributed by atoms with Crippen molar-refractivity contribution >= 4 is 11.6 Å². The van der Waals surface area contributed by atoms with Crippen LogP contribution >= 0.6 is 11.6 Å². The van der Waals surface area contributed by atoms with Crippen LogP contribution in [0.5, 0.6) is 5.75 Å². The van der Waals surface area contributed by atoms with Gasteiger partial charge < -0.3 is 4.74 Å². The third kappa shape index (κ3) is 2.11. The van der Waals surface area contributed by atoms with Gasteiger partial charge in [0.05, 0.1) is 5.88 Å². The number of benzene rings is 1. The smallest absolute Gasteiger partial charge is 0.167 e. The van der Waals surface area contributed by atoms with E-state index in [4.69, 9.17) is 16.3 Å². The van der Waals surface area contributed by atoms with Gasteiger partial charge >= 0.3 is 0 Å². The first-order valence-electron chi connectivity index (χ1n) is 3.69. The molecule has 0 heterocycles. The van der Waals surface area contributed by atoms with Crippen LogP contribution in [-0.2, 0) is 0 Å². The highest BCUT2D eigenvalue weighted by atomic mass is 35.5. The minimum atomic E-state index is -0.303. The summed E-state index contributed by atoms with van der Waals surface area (Å²) in [6, 6.07) is 5.04. The van der Waals surface area contributed by atoms with E-state index < -0.39 is 0 Å². The van der Waals surface area contributed by atoms with Crippen LogP contribution in [0.4, 0.5) is 4.39 Å². The van der Waals surface area contributed by atoms with E-state index in [1.54, 1.807) is 25.1 Å². The molecule has 0 unspecified atom stereocenters. The predicted molar refractivity (Wildman–Crippen MR) is 47.4 cm³/mol. The number of aryl methyl sites for hydroxylation is 1. The van der Waals surface area contributed by atoms with Crippen LogP contribution in [0.15, 0.2) is 18.2 Å². The second-order valence-corrected chi connectivity index (χ2v) is 2.80. The number of ether oxygens (including phenoxy) is 1. The first kappa shape index (κ1) is 9.33. The number of alkyl halides is 1. The van der Waals surface area contributed by atoms with E-state index in [-0.39, 0.29) is 11.6 Å². The summed E-state index contributed by atoms with van der Waals surface area (Å²) >= 11 is 5.40. The van der Waals surface area contributed by atoms with Gasteiger partial charge in [0.15, 0.2) is 11.6 Å². The van der Waals surface area contributed by atoms with E-state index in [9.17, 15) is 4.39 Å². The maximum absolute atomic E-state index is 13.2. The molecule has 0 saturated carbocycles. The highest BCUT2D eigenvalue weighted by Crippen LogP contribution is 2.19. The summed E-state index contributed by atoms with van der Waals surface area (Å²) in [5.41, 5.74) is 0.585. The molecule has 1 aromatic rings. The van der Waals surface area contributed by atoms with Crippen molar-refractivity contribution in [3.05, 3.63) is 29.6 Å². The van der Waals surface area contributed by atoms with Crippen molar-refractivity contribution in [3.63, 3.8) is 0 Å². The average Bonchev–Trinajstić information content (AvgIpc) is 2.08. The molecule has 0 aliphatic heterocycles. The monoisotopic (exact) mass is 188 g/mol. The number of rotatable bonds is 3. The molecule has 0 spiro atoms. The lowest BCUT2D eigenvalue weighted by Gasteiger charge is -2.05. The van der Waals surface area contributed by atoms with Gasteiger partial charge in [0.1, 0.15) is 6.61 Å². The van der Waals surface area contributed by atoms with Crippen molar-refractivity contribution in [1.82, 2.24) is 0 Å². The quantitative estimate of drug-likeness (QED) is 0.663. The zero-order chi connectivity index (χ0) is 8.97. The van der Waals surface area contributed by atoms with Crippen LogP contribution in [0, 0.1) is 12.7 Å². The molecule has 0 aliphatic carbocycles. The lowest BCUT2D eigenvalue weighted by molar-refractivity contribution is 0.323. The number of hydrogen-bond donors (Lipinski definition) is 0. The van der Waals surface area contributed by atoms with E-state index in [1.165, 1.54) is 0 Å². The first-order valence-corrected chi connectivity index (χ1v) is 4.23. The second kappa shape index (κ2) is 4.31. The molecule has 0 bridgehead atoms. The molecule has 0 aliphatic rings. The van der Waals surface area contributed by atoms with Gasteiger partial charge in [-0.25, -0.2) is 4.39 Å². The fraction of sp³-hybridized carbons (Fsp3) is 0.333. The highest BCUT2D eigenvalue weighted by molar-refractivity contribution is 6.17. The molecule has 1 aromatic carbocycles. The van der Waals surface area contributed by atoms with Crippen molar-refractivity contribution in [2.24, 2.45) is 0 Å². The van der Waals surface area contributed by atoms with Crippen LogP contribution < -0.4 is 4.74 Å². The topological polar surface area (TPSA) is 9.23 Å². The molecule has 0 atom stereocenters. The minimum absolute atomic E-state index is 0.274. The van der Waals surface area contributed by atoms with Gasteiger partial charge in [-0.3, -0.25) is 0 Å². The standard InChI is InChI=1S/C9H10ClFO/c1-7-3-2-4-8(9(7)11)12-6-5-10/h2-4H,5-6H2,1H3. The van der Waals surface area contributed by atoms with Crippen molar-refractivity contribution < 1.29 is 9.13 Å². The Kier molecular flexibility index (Phi) is 3.35. The third-order valence-electron chi connectivity index (χ3n) is 1.49.